The molecule has 1 spiro atoms. The SMILES string of the molecule is CC1CCC(C)CN(c2nc(O[C@H]3C[C@@]34CCCN4C)nc3c(F)c(-c4cc(O)cc5ccccc45)ccc23)C1. The molecule has 40 heavy (non-hydrogen) atoms. The number of rotatable bonds is 4. The number of likely N-dealkylation sites (N-methyl/N-ethyl adjacent to an activating group) is 1. The predicted octanol–water partition coefficient (Wildman–Crippen LogP) is 6.78. The van der Waals surface area contributed by atoms with Gasteiger partial charge in [-0.3, -0.25) is 4.90 Å². The Kier molecular flexibility index (Phi) is 6.11. The van der Waals surface area contributed by atoms with E-state index >= 15 is 4.39 Å². The number of aromatic nitrogens is 2. The highest BCUT2D eigenvalue weighted by Crippen LogP contribution is 2.51. The lowest BCUT2D eigenvalue weighted by atomic mass is 9.96. The number of halogens is 1. The fourth-order valence-corrected chi connectivity index (χ4v) is 7.14. The predicted molar refractivity (Wildman–Crippen MR) is 158 cm³/mol. The van der Waals surface area contributed by atoms with Crippen molar-refractivity contribution in [2.75, 3.05) is 31.6 Å². The highest BCUT2D eigenvalue weighted by molar-refractivity contribution is 6.01. The molecule has 3 heterocycles. The second-order valence-electron chi connectivity index (χ2n) is 12.5. The van der Waals surface area contributed by atoms with Gasteiger partial charge >= 0.3 is 6.01 Å². The number of phenolic OH excluding ortho intramolecular Hbond substituents is 1. The van der Waals surface area contributed by atoms with Crippen molar-refractivity contribution in [3.05, 3.63) is 54.3 Å². The molecule has 1 aliphatic carbocycles. The van der Waals surface area contributed by atoms with Crippen molar-refractivity contribution in [2.45, 2.75) is 57.6 Å². The van der Waals surface area contributed by atoms with E-state index in [-0.39, 0.29) is 28.9 Å². The minimum absolute atomic E-state index is 0.0218. The maximum Gasteiger partial charge on any atom is 0.319 e. The quantitative estimate of drug-likeness (QED) is 0.308. The lowest BCUT2D eigenvalue weighted by molar-refractivity contribution is 0.185. The van der Waals surface area contributed by atoms with Crippen molar-refractivity contribution in [1.82, 2.24) is 14.9 Å². The summed E-state index contributed by atoms with van der Waals surface area (Å²) in [4.78, 5) is 14.4. The summed E-state index contributed by atoms with van der Waals surface area (Å²) in [5.41, 5.74) is 1.38. The third-order valence-corrected chi connectivity index (χ3v) is 9.51. The first-order valence-electron chi connectivity index (χ1n) is 14.7. The van der Waals surface area contributed by atoms with Gasteiger partial charge in [0.2, 0.25) is 0 Å². The van der Waals surface area contributed by atoms with Gasteiger partial charge in [0.25, 0.3) is 0 Å². The van der Waals surface area contributed by atoms with E-state index in [1.54, 1.807) is 18.2 Å². The largest absolute Gasteiger partial charge is 0.508 e. The Bertz CT molecular complexity index is 1600. The summed E-state index contributed by atoms with van der Waals surface area (Å²) < 4.78 is 23.1. The van der Waals surface area contributed by atoms with Gasteiger partial charge in [-0.2, -0.15) is 9.97 Å². The van der Waals surface area contributed by atoms with Crippen LogP contribution >= 0.6 is 0 Å². The minimum Gasteiger partial charge on any atom is -0.508 e. The van der Waals surface area contributed by atoms with E-state index in [9.17, 15) is 5.11 Å². The first-order chi connectivity index (χ1) is 19.3. The van der Waals surface area contributed by atoms with Gasteiger partial charge in [0.15, 0.2) is 5.82 Å². The van der Waals surface area contributed by atoms with Crippen molar-refractivity contribution < 1.29 is 14.2 Å². The molecule has 3 aliphatic rings. The third kappa shape index (κ3) is 4.26. The molecular weight excluding hydrogens is 503 g/mol. The Morgan fingerprint density at radius 1 is 0.975 bits per heavy atom. The molecular formula is C33H37FN4O2. The van der Waals surface area contributed by atoms with Crippen molar-refractivity contribution >= 4 is 27.5 Å². The molecule has 0 amide bonds. The summed E-state index contributed by atoms with van der Waals surface area (Å²) in [6, 6.07) is 15.1. The lowest BCUT2D eigenvalue weighted by Gasteiger charge is -2.27. The number of benzene rings is 3. The molecule has 1 saturated carbocycles. The van der Waals surface area contributed by atoms with E-state index in [2.05, 4.69) is 30.7 Å². The van der Waals surface area contributed by atoms with Crippen LogP contribution < -0.4 is 9.64 Å². The molecule has 0 radical (unpaired) electrons. The molecule has 0 bridgehead atoms. The number of hydrogen-bond acceptors (Lipinski definition) is 6. The van der Waals surface area contributed by atoms with Crippen LogP contribution in [0.2, 0.25) is 0 Å². The first kappa shape index (κ1) is 25.5. The number of hydrogen-bond donors (Lipinski definition) is 1. The van der Waals surface area contributed by atoms with E-state index in [1.165, 1.54) is 19.3 Å². The molecule has 2 unspecified atom stereocenters. The summed E-state index contributed by atoms with van der Waals surface area (Å²) in [6.45, 7) is 7.37. The monoisotopic (exact) mass is 540 g/mol. The van der Waals surface area contributed by atoms with Gasteiger partial charge < -0.3 is 14.7 Å². The molecule has 2 aliphatic heterocycles. The fourth-order valence-electron chi connectivity index (χ4n) is 7.14. The van der Waals surface area contributed by atoms with Gasteiger partial charge in [0.05, 0.1) is 5.54 Å². The molecule has 3 aromatic carbocycles. The lowest BCUT2D eigenvalue weighted by Crippen LogP contribution is -2.33. The fraction of sp³-hybridized carbons (Fsp3) is 0.455. The molecule has 1 N–H and O–H groups in total. The van der Waals surface area contributed by atoms with Crippen molar-refractivity contribution in [3.63, 3.8) is 0 Å². The van der Waals surface area contributed by atoms with Crippen molar-refractivity contribution in [2.24, 2.45) is 11.8 Å². The Morgan fingerprint density at radius 3 is 2.50 bits per heavy atom. The second kappa shape index (κ2) is 9.58. The molecule has 3 fully saturated rings. The maximum atomic E-state index is 16.6. The van der Waals surface area contributed by atoms with Crippen LogP contribution in [-0.2, 0) is 0 Å². The average Bonchev–Trinajstić information content (AvgIpc) is 3.55. The Hall–Kier alpha value is -3.45. The summed E-state index contributed by atoms with van der Waals surface area (Å²) in [5.74, 6) is 1.47. The van der Waals surface area contributed by atoms with Crippen molar-refractivity contribution in [3.8, 4) is 22.9 Å². The molecule has 7 rings (SSSR count). The summed E-state index contributed by atoms with van der Waals surface area (Å²) >= 11 is 0. The minimum atomic E-state index is -0.416. The van der Waals surface area contributed by atoms with Crippen molar-refractivity contribution in [1.29, 1.82) is 0 Å². The zero-order chi connectivity index (χ0) is 27.6. The van der Waals surface area contributed by atoms with Gasteiger partial charge in [-0.25, -0.2) is 4.39 Å². The van der Waals surface area contributed by atoms with Gasteiger partial charge in [0.1, 0.15) is 23.2 Å². The van der Waals surface area contributed by atoms with Gasteiger partial charge in [-0.15, -0.1) is 0 Å². The van der Waals surface area contributed by atoms with Crippen LogP contribution in [0.1, 0.15) is 46.0 Å². The van der Waals surface area contributed by atoms with Crippen LogP contribution in [-0.4, -0.2) is 58.3 Å². The zero-order valence-electron chi connectivity index (χ0n) is 23.5. The average molecular weight is 541 g/mol. The van der Waals surface area contributed by atoms with E-state index < -0.39 is 5.82 Å². The number of likely N-dealkylation sites (tertiary alicyclic amines) is 1. The highest BCUT2D eigenvalue weighted by Gasteiger charge is 2.61. The molecule has 4 atom stereocenters. The van der Waals surface area contributed by atoms with E-state index in [0.29, 0.717) is 28.3 Å². The summed E-state index contributed by atoms with van der Waals surface area (Å²) in [5, 5.41) is 12.9. The number of phenols is 1. The van der Waals surface area contributed by atoms with Gasteiger partial charge in [-0.1, -0.05) is 44.2 Å². The van der Waals surface area contributed by atoms with E-state index in [4.69, 9.17) is 14.7 Å². The number of nitrogens with zero attached hydrogens (tertiary/aromatic N) is 4. The zero-order valence-corrected chi connectivity index (χ0v) is 23.5. The Balaban J connectivity index is 1.38. The molecule has 208 valence electrons. The smallest absolute Gasteiger partial charge is 0.319 e. The van der Waals surface area contributed by atoms with Crippen LogP contribution in [0.3, 0.4) is 0 Å². The molecule has 7 heteroatoms. The second-order valence-corrected chi connectivity index (χ2v) is 12.5. The molecule has 1 aromatic heterocycles. The van der Waals surface area contributed by atoms with E-state index in [0.717, 1.165) is 49.1 Å². The molecule has 4 aromatic rings. The molecule has 6 nitrogen and oxygen atoms in total. The maximum absolute atomic E-state index is 16.6. The molecule has 2 saturated heterocycles. The Morgan fingerprint density at radius 2 is 1.75 bits per heavy atom. The normalized spacial score (nSPS) is 27.0. The number of ether oxygens (including phenoxy) is 1. The topological polar surface area (TPSA) is 61.7 Å². The van der Waals surface area contributed by atoms with Crippen LogP contribution in [0.4, 0.5) is 10.2 Å². The summed E-state index contributed by atoms with van der Waals surface area (Å²) in [6.07, 6.45) is 5.59. The number of fused-ring (bicyclic) bond motifs is 2. The number of anilines is 1. The third-order valence-electron chi connectivity index (χ3n) is 9.51. The van der Waals surface area contributed by atoms with Crippen LogP contribution in [0, 0.1) is 17.7 Å². The standard InChI is InChI=1S/C33H37FN4O2/c1-20-9-10-21(2)19-38(18-20)31-26-12-11-25(27-16-23(39)15-22-7-4-5-8-24(22)27)29(34)30(26)35-32(36-31)40-28-17-33(28)13-6-14-37(33)3/h4-5,7-8,11-12,15-16,20-21,28,39H,6,9-10,13-14,17-19H2,1-3H3/t20?,21?,28-,33-/m0/s1. The summed E-state index contributed by atoms with van der Waals surface area (Å²) in [7, 11) is 2.16. The van der Waals surface area contributed by atoms with Crippen LogP contribution in [0.25, 0.3) is 32.8 Å². The van der Waals surface area contributed by atoms with Gasteiger partial charge in [0, 0.05) is 30.5 Å². The Labute approximate surface area is 234 Å². The van der Waals surface area contributed by atoms with Gasteiger partial charge in [-0.05, 0) is 85.6 Å². The van der Waals surface area contributed by atoms with Crippen LogP contribution in [0.15, 0.2) is 48.5 Å². The highest BCUT2D eigenvalue weighted by atomic mass is 19.1. The first-order valence-corrected chi connectivity index (χ1v) is 14.7. The van der Waals surface area contributed by atoms with E-state index in [1.807, 2.05) is 30.3 Å². The van der Waals surface area contributed by atoms with Crippen LogP contribution in [0.5, 0.6) is 11.8 Å². The number of aromatic hydroxyl groups is 1.